The second kappa shape index (κ2) is 9.69. The van der Waals surface area contributed by atoms with Crippen LogP contribution in [-0.4, -0.2) is 83.1 Å². The fourth-order valence-corrected chi connectivity index (χ4v) is 2.67. The molecular formula is C15H24N2O5S. The predicted molar refractivity (Wildman–Crippen MR) is 87.9 cm³/mol. The Bertz CT molecular complexity index is 469. The highest BCUT2D eigenvalue weighted by atomic mass is 32.2. The van der Waals surface area contributed by atoms with Gasteiger partial charge in [-0.05, 0) is 19.4 Å². The first-order chi connectivity index (χ1) is 10.9. The van der Waals surface area contributed by atoms with Gasteiger partial charge in [-0.25, -0.2) is 0 Å². The van der Waals surface area contributed by atoms with Gasteiger partial charge in [0.2, 0.25) is 5.12 Å². The van der Waals surface area contributed by atoms with E-state index in [1.165, 1.54) is 9.80 Å². The van der Waals surface area contributed by atoms with Crippen LogP contribution in [0.15, 0.2) is 12.2 Å². The molecule has 1 N–H and O–H groups in total. The van der Waals surface area contributed by atoms with Crippen LogP contribution in [0.4, 0.5) is 0 Å². The van der Waals surface area contributed by atoms with Crippen molar-refractivity contribution in [3.05, 3.63) is 12.2 Å². The summed E-state index contributed by atoms with van der Waals surface area (Å²) in [6.07, 6.45) is -0.859. The van der Waals surface area contributed by atoms with Gasteiger partial charge in [0.05, 0.1) is 19.3 Å². The molecule has 8 heteroatoms. The number of β-amino-alcohol motifs (C(OH)–C–C–N with tert-alkyl or cyclic N) is 1. The van der Waals surface area contributed by atoms with Gasteiger partial charge in [0.1, 0.15) is 0 Å². The Morgan fingerprint density at radius 3 is 2.57 bits per heavy atom. The van der Waals surface area contributed by atoms with Gasteiger partial charge in [0.15, 0.2) is 0 Å². The molecule has 1 fully saturated rings. The Kier molecular flexibility index (Phi) is 8.29. The summed E-state index contributed by atoms with van der Waals surface area (Å²) in [6.45, 7) is 8.86. The summed E-state index contributed by atoms with van der Waals surface area (Å²) >= 11 is 1.12. The van der Waals surface area contributed by atoms with Crippen molar-refractivity contribution in [1.29, 1.82) is 0 Å². The SMILES string of the molecule is C=C(C)C(=O)SCCOCC(O)CN1CCN(CC)C(=O)C1=O. The topological polar surface area (TPSA) is 87.2 Å². The molecule has 1 saturated heterocycles. The number of ether oxygens (including phenoxy) is 1. The van der Waals surface area contributed by atoms with E-state index < -0.39 is 17.9 Å². The van der Waals surface area contributed by atoms with Crippen LogP contribution in [0.25, 0.3) is 0 Å². The van der Waals surface area contributed by atoms with Crippen LogP contribution in [0.5, 0.6) is 0 Å². The first kappa shape index (κ1) is 19.7. The molecule has 1 aliphatic rings. The molecule has 23 heavy (non-hydrogen) atoms. The molecule has 1 atom stereocenters. The van der Waals surface area contributed by atoms with Gasteiger partial charge in [0.25, 0.3) is 0 Å². The minimum absolute atomic E-state index is 0.0529. The summed E-state index contributed by atoms with van der Waals surface area (Å²) in [4.78, 5) is 37.8. The van der Waals surface area contributed by atoms with Crippen molar-refractivity contribution >= 4 is 28.7 Å². The molecule has 0 aromatic rings. The summed E-state index contributed by atoms with van der Waals surface area (Å²) in [7, 11) is 0. The molecule has 0 aromatic carbocycles. The van der Waals surface area contributed by atoms with Crippen molar-refractivity contribution in [3.8, 4) is 0 Å². The molecule has 0 aromatic heterocycles. The summed E-state index contributed by atoms with van der Waals surface area (Å²) in [5, 5.41) is 9.82. The third kappa shape index (κ3) is 6.32. The fourth-order valence-electron chi connectivity index (χ4n) is 2.03. The number of amides is 2. The maximum absolute atomic E-state index is 11.9. The Morgan fingerprint density at radius 2 is 1.96 bits per heavy atom. The van der Waals surface area contributed by atoms with E-state index in [2.05, 4.69) is 6.58 Å². The summed E-state index contributed by atoms with van der Waals surface area (Å²) < 4.78 is 5.29. The molecule has 7 nitrogen and oxygen atoms in total. The Balaban J connectivity index is 2.23. The molecule has 0 bridgehead atoms. The van der Waals surface area contributed by atoms with Crippen LogP contribution >= 0.6 is 11.8 Å². The molecule has 0 spiro atoms. The monoisotopic (exact) mass is 344 g/mol. The highest BCUT2D eigenvalue weighted by molar-refractivity contribution is 8.14. The lowest BCUT2D eigenvalue weighted by Crippen LogP contribution is -2.55. The minimum Gasteiger partial charge on any atom is -0.389 e. The van der Waals surface area contributed by atoms with Crippen molar-refractivity contribution in [3.63, 3.8) is 0 Å². The second-order valence-electron chi connectivity index (χ2n) is 5.28. The van der Waals surface area contributed by atoms with Crippen LogP contribution in [-0.2, 0) is 19.1 Å². The highest BCUT2D eigenvalue weighted by Gasteiger charge is 2.32. The van der Waals surface area contributed by atoms with Gasteiger partial charge in [-0.15, -0.1) is 0 Å². The van der Waals surface area contributed by atoms with E-state index in [0.29, 0.717) is 37.6 Å². The second-order valence-corrected chi connectivity index (χ2v) is 6.35. The van der Waals surface area contributed by atoms with Crippen molar-refractivity contribution in [1.82, 2.24) is 9.80 Å². The first-order valence-corrected chi connectivity index (χ1v) is 8.52. The van der Waals surface area contributed by atoms with E-state index in [-0.39, 0.29) is 18.3 Å². The van der Waals surface area contributed by atoms with Crippen LogP contribution in [0.1, 0.15) is 13.8 Å². The van der Waals surface area contributed by atoms with Gasteiger partial charge in [-0.3, -0.25) is 14.4 Å². The number of thioether (sulfide) groups is 1. The van der Waals surface area contributed by atoms with Crippen molar-refractivity contribution in [2.75, 3.05) is 45.1 Å². The number of hydrogen-bond acceptors (Lipinski definition) is 6. The average Bonchev–Trinajstić information content (AvgIpc) is 2.51. The molecule has 0 radical (unpaired) electrons. The molecule has 0 saturated carbocycles. The molecule has 1 rings (SSSR count). The number of rotatable bonds is 9. The quantitative estimate of drug-likeness (QED) is 0.357. The molecule has 1 aliphatic heterocycles. The number of aliphatic hydroxyl groups excluding tert-OH is 1. The van der Waals surface area contributed by atoms with Crippen LogP contribution in [0.3, 0.4) is 0 Å². The molecule has 1 unspecified atom stereocenters. The molecule has 0 aliphatic carbocycles. The van der Waals surface area contributed by atoms with E-state index >= 15 is 0 Å². The van der Waals surface area contributed by atoms with Gasteiger partial charge in [-0.1, -0.05) is 18.3 Å². The van der Waals surface area contributed by atoms with Gasteiger partial charge < -0.3 is 19.6 Å². The van der Waals surface area contributed by atoms with E-state index in [1.54, 1.807) is 6.92 Å². The maximum Gasteiger partial charge on any atom is 0.312 e. The number of nitrogens with zero attached hydrogens (tertiary/aromatic N) is 2. The number of carbonyl (C=O) groups excluding carboxylic acids is 3. The van der Waals surface area contributed by atoms with Gasteiger partial charge in [0, 0.05) is 31.9 Å². The maximum atomic E-state index is 11.9. The lowest BCUT2D eigenvalue weighted by Gasteiger charge is -2.34. The molecule has 2 amide bonds. The predicted octanol–water partition coefficient (Wildman–Crippen LogP) is -0.109. The molecule has 130 valence electrons. The summed E-state index contributed by atoms with van der Waals surface area (Å²) in [6, 6.07) is 0. The lowest BCUT2D eigenvalue weighted by atomic mass is 10.2. The average molecular weight is 344 g/mol. The summed E-state index contributed by atoms with van der Waals surface area (Å²) in [5.41, 5.74) is 0.490. The zero-order valence-electron chi connectivity index (χ0n) is 13.6. The van der Waals surface area contributed by atoms with Crippen molar-refractivity contribution < 1.29 is 24.2 Å². The third-order valence-electron chi connectivity index (χ3n) is 3.33. The zero-order chi connectivity index (χ0) is 17.4. The normalized spacial score (nSPS) is 16.7. The largest absolute Gasteiger partial charge is 0.389 e. The number of piperazine rings is 1. The van der Waals surface area contributed by atoms with E-state index in [4.69, 9.17) is 4.74 Å². The van der Waals surface area contributed by atoms with E-state index in [0.717, 1.165) is 11.8 Å². The molecule has 1 heterocycles. The van der Waals surface area contributed by atoms with E-state index in [9.17, 15) is 19.5 Å². The summed E-state index contributed by atoms with van der Waals surface area (Å²) in [5.74, 6) is -0.633. The zero-order valence-corrected chi connectivity index (χ0v) is 14.4. The highest BCUT2D eigenvalue weighted by Crippen LogP contribution is 2.09. The van der Waals surface area contributed by atoms with Crippen LogP contribution in [0.2, 0.25) is 0 Å². The smallest absolute Gasteiger partial charge is 0.312 e. The fraction of sp³-hybridized carbons (Fsp3) is 0.667. The first-order valence-electron chi connectivity index (χ1n) is 7.53. The standard InChI is InChI=1S/C15H24N2O5S/c1-4-16-5-6-17(14(20)13(16)19)9-12(18)10-22-7-8-23-15(21)11(2)3/h12,18H,2,4-10H2,1,3H3. The van der Waals surface area contributed by atoms with Crippen LogP contribution < -0.4 is 0 Å². The van der Waals surface area contributed by atoms with E-state index in [1.807, 2.05) is 6.92 Å². The van der Waals surface area contributed by atoms with Crippen LogP contribution in [0, 0.1) is 0 Å². The number of aliphatic hydroxyl groups is 1. The van der Waals surface area contributed by atoms with Gasteiger partial charge in [-0.2, -0.15) is 0 Å². The Labute approximate surface area is 140 Å². The van der Waals surface area contributed by atoms with Crippen molar-refractivity contribution in [2.24, 2.45) is 0 Å². The minimum atomic E-state index is -0.859. The lowest BCUT2D eigenvalue weighted by molar-refractivity contribution is -0.157. The number of carbonyl (C=O) groups is 3. The number of hydrogen-bond donors (Lipinski definition) is 1. The van der Waals surface area contributed by atoms with Crippen molar-refractivity contribution in [2.45, 2.75) is 20.0 Å². The third-order valence-corrected chi connectivity index (χ3v) is 4.31. The Hall–Kier alpha value is -1.38. The Morgan fingerprint density at radius 1 is 1.35 bits per heavy atom. The number of likely N-dealkylation sites (N-methyl/N-ethyl adjacent to an activating group) is 1. The molecular weight excluding hydrogens is 320 g/mol. The van der Waals surface area contributed by atoms with Gasteiger partial charge >= 0.3 is 11.8 Å².